The molecular weight excluding hydrogens is 400 g/mol. The molecule has 9 nitrogen and oxygen atoms in total. The lowest BCUT2D eigenvalue weighted by Gasteiger charge is -2.14. The maximum Gasteiger partial charge on any atom is 0.307 e. The van der Waals surface area contributed by atoms with E-state index in [1.54, 1.807) is 22.9 Å². The summed E-state index contributed by atoms with van der Waals surface area (Å²) in [5, 5.41) is 22.6. The molecule has 0 bridgehead atoms. The number of aromatic nitrogens is 3. The van der Waals surface area contributed by atoms with Crippen LogP contribution < -0.4 is 10.1 Å². The first-order valence-corrected chi connectivity index (χ1v) is 9.59. The van der Waals surface area contributed by atoms with Gasteiger partial charge in [-0.15, -0.1) is 5.10 Å². The molecule has 31 heavy (non-hydrogen) atoms. The summed E-state index contributed by atoms with van der Waals surface area (Å²) in [6, 6.07) is 16.0. The zero-order valence-electron chi connectivity index (χ0n) is 16.7. The second-order valence-electron chi connectivity index (χ2n) is 6.75. The molecule has 0 radical (unpaired) electrons. The molecule has 0 fully saturated rings. The van der Waals surface area contributed by atoms with Crippen LogP contribution in [0.4, 0.5) is 0 Å². The quantitative estimate of drug-likeness (QED) is 0.442. The highest BCUT2D eigenvalue weighted by atomic mass is 16.5. The molecule has 2 N–H and O–H groups in total. The minimum absolute atomic E-state index is 0.0271. The zero-order chi connectivity index (χ0) is 21.8. The van der Waals surface area contributed by atoms with Crippen LogP contribution in [0.25, 0.3) is 21.8 Å². The number of hydrogen-bond acceptors (Lipinski definition) is 7. The number of amides is 1. The third-order valence-electron chi connectivity index (χ3n) is 4.83. The molecule has 1 aromatic heterocycles. The first kappa shape index (κ1) is 20.1. The Labute approximate surface area is 177 Å². The molecule has 9 heteroatoms. The van der Waals surface area contributed by atoms with E-state index >= 15 is 0 Å². The van der Waals surface area contributed by atoms with Gasteiger partial charge in [0.25, 0.3) is 5.91 Å². The highest BCUT2D eigenvalue weighted by Crippen LogP contribution is 2.36. The number of fused-ring (bicyclic) bond motifs is 2. The Balaban J connectivity index is 1.62. The minimum atomic E-state index is -0.525. The van der Waals surface area contributed by atoms with Crippen molar-refractivity contribution in [2.24, 2.45) is 0 Å². The number of rotatable bonds is 7. The first-order chi connectivity index (χ1) is 15.1. The number of nitrogens with zero attached hydrogens (tertiary/aromatic N) is 3. The van der Waals surface area contributed by atoms with Crippen LogP contribution in [-0.4, -0.2) is 45.6 Å². The molecule has 4 aromatic rings. The lowest BCUT2D eigenvalue weighted by Crippen LogP contribution is -2.26. The van der Waals surface area contributed by atoms with Gasteiger partial charge in [0.1, 0.15) is 17.0 Å². The van der Waals surface area contributed by atoms with Crippen LogP contribution in [0.3, 0.4) is 0 Å². The summed E-state index contributed by atoms with van der Waals surface area (Å²) in [5.74, 6) is -0.717. The Morgan fingerprint density at radius 1 is 1.10 bits per heavy atom. The van der Waals surface area contributed by atoms with Crippen molar-refractivity contribution in [3.05, 3.63) is 60.2 Å². The fourth-order valence-corrected chi connectivity index (χ4v) is 3.24. The maximum absolute atomic E-state index is 12.6. The van der Waals surface area contributed by atoms with E-state index in [2.05, 4.69) is 20.4 Å². The van der Waals surface area contributed by atoms with Crippen LogP contribution in [0, 0.1) is 0 Å². The van der Waals surface area contributed by atoms with E-state index in [0.29, 0.717) is 16.5 Å². The van der Waals surface area contributed by atoms with Crippen molar-refractivity contribution in [3.63, 3.8) is 0 Å². The molecule has 0 saturated carbocycles. The first-order valence-electron chi connectivity index (χ1n) is 9.59. The number of carbonyl (C=O) groups is 2. The zero-order valence-corrected chi connectivity index (χ0v) is 16.7. The summed E-state index contributed by atoms with van der Waals surface area (Å²) in [4.78, 5) is 23.9. The van der Waals surface area contributed by atoms with Crippen molar-refractivity contribution >= 4 is 33.7 Å². The Morgan fingerprint density at radius 3 is 2.65 bits per heavy atom. The molecule has 158 valence electrons. The standard InChI is InChI=1S/C22H20N4O5/c1-30-20(27)10-11-23-22(29)16-12-19(14-6-2-3-7-15(14)21(16)28)31-13-26-18-9-5-4-8-17(18)24-25-26/h2-9,12,28H,10-11,13H2,1H3,(H,23,29). The molecule has 1 heterocycles. The number of phenols is 1. The van der Waals surface area contributed by atoms with Gasteiger partial charge in [0.2, 0.25) is 0 Å². The van der Waals surface area contributed by atoms with Crippen LogP contribution in [0.5, 0.6) is 11.5 Å². The van der Waals surface area contributed by atoms with Gasteiger partial charge >= 0.3 is 5.97 Å². The molecule has 0 atom stereocenters. The van der Waals surface area contributed by atoms with Crippen molar-refractivity contribution in [3.8, 4) is 11.5 Å². The third-order valence-corrected chi connectivity index (χ3v) is 4.83. The summed E-state index contributed by atoms with van der Waals surface area (Å²) in [5.41, 5.74) is 1.60. The van der Waals surface area contributed by atoms with Crippen LogP contribution in [0.1, 0.15) is 16.8 Å². The van der Waals surface area contributed by atoms with Gasteiger partial charge < -0.3 is 19.9 Å². The largest absolute Gasteiger partial charge is 0.506 e. The highest BCUT2D eigenvalue weighted by Gasteiger charge is 2.18. The monoisotopic (exact) mass is 420 g/mol. The van der Waals surface area contributed by atoms with E-state index in [1.165, 1.54) is 13.2 Å². The van der Waals surface area contributed by atoms with Crippen LogP contribution in [0.15, 0.2) is 54.6 Å². The minimum Gasteiger partial charge on any atom is -0.506 e. The number of carbonyl (C=O) groups excluding carboxylic acids is 2. The summed E-state index contributed by atoms with van der Waals surface area (Å²) in [6.07, 6.45) is 0.0271. The van der Waals surface area contributed by atoms with Crippen molar-refractivity contribution < 1.29 is 24.2 Å². The second-order valence-corrected chi connectivity index (χ2v) is 6.75. The lowest BCUT2D eigenvalue weighted by molar-refractivity contribution is -0.140. The van der Waals surface area contributed by atoms with E-state index in [1.807, 2.05) is 30.3 Å². The fraction of sp³-hybridized carbons (Fsp3) is 0.182. The van der Waals surface area contributed by atoms with Gasteiger partial charge in [-0.1, -0.05) is 41.6 Å². The Morgan fingerprint density at radius 2 is 1.84 bits per heavy atom. The van der Waals surface area contributed by atoms with Gasteiger partial charge in [0.15, 0.2) is 6.73 Å². The molecule has 0 aliphatic heterocycles. The number of hydrogen-bond donors (Lipinski definition) is 2. The van der Waals surface area contributed by atoms with Crippen molar-refractivity contribution in [1.82, 2.24) is 20.3 Å². The predicted molar refractivity (Wildman–Crippen MR) is 113 cm³/mol. The van der Waals surface area contributed by atoms with E-state index < -0.39 is 11.9 Å². The summed E-state index contributed by atoms with van der Waals surface area (Å²) in [6.45, 7) is 0.150. The second kappa shape index (κ2) is 8.70. The molecule has 1 amide bonds. The SMILES string of the molecule is COC(=O)CCNC(=O)c1cc(OCn2nnc3ccccc32)c2ccccc2c1O. The number of methoxy groups -OCH3 is 1. The van der Waals surface area contributed by atoms with Crippen molar-refractivity contribution in [2.75, 3.05) is 13.7 Å². The number of esters is 1. The molecule has 0 aliphatic carbocycles. The summed E-state index contributed by atoms with van der Waals surface area (Å²) < 4.78 is 12.1. The highest BCUT2D eigenvalue weighted by molar-refractivity contribution is 6.05. The van der Waals surface area contributed by atoms with Gasteiger partial charge in [-0.2, -0.15) is 0 Å². The van der Waals surface area contributed by atoms with Gasteiger partial charge in [-0.3, -0.25) is 9.59 Å². The predicted octanol–water partition coefficient (Wildman–Crippen LogP) is 2.62. The average Bonchev–Trinajstić information content (AvgIpc) is 3.21. The van der Waals surface area contributed by atoms with E-state index in [-0.39, 0.29) is 31.0 Å². The normalized spacial score (nSPS) is 10.9. The van der Waals surface area contributed by atoms with Crippen LogP contribution in [0.2, 0.25) is 0 Å². The van der Waals surface area contributed by atoms with E-state index in [0.717, 1.165) is 11.0 Å². The number of aromatic hydroxyl groups is 1. The van der Waals surface area contributed by atoms with E-state index in [9.17, 15) is 14.7 Å². The molecule has 0 spiro atoms. The average molecular weight is 420 g/mol. The van der Waals surface area contributed by atoms with Gasteiger partial charge in [-0.05, 0) is 18.2 Å². The van der Waals surface area contributed by atoms with Crippen molar-refractivity contribution in [1.29, 1.82) is 0 Å². The molecule has 0 saturated heterocycles. The topological polar surface area (TPSA) is 116 Å². The number of benzene rings is 3. The molecule has 0 aliphatic rings. The van der Waals surface area contributed by atoms with Crippen LogP contribution in [-0.2, 0) is 16.3 Å². The van der Waals surface area contributed by atoms with Crippen LogP contribution >= 0.6 is 0 Å². The molecule has 3 aromatic carbocycles. The van der Waals surface area contributed by atoms with Gasteiger partial charge in [0.05, 0.1) is 24.6 Å². The van der Waals surface area contributed by atoms with Gasteiger partial charge in [0, 0.05) is 17.3 Å². The summed E-state index contributed by atoms with van der Waals surface area (Å²) in [7, 11) is 1.28. The number of para-hydroxylation sites is 1. The smallest absolute Gasteiger partial charge is 0.307 e. The number of phenolic OH excluding ortho intramolecular Hbond substituents is 1. The Kier molecular flexibility index (Phi) is 5.65. The van der Waals surface area contributed by atoms with Crippen molar-refractivity contribution in [2.45, 2.75) is 13.2 Å². The van der Waals surface area contributed by atoms with Gasteiger partial charge in [-0.25, -0.2) is 4.68 Å². The Bertz CT molecular complexity index is 1270. The lowest BCUT2D eigenvalue weighted by atomic mass is 10.0. The third kappa shape index (κ3) is 4.11. The molecule has 0 unspecified atom stereocenters. The number of ether oxygens (including phenoxy) is 2. The number of nitrogens with one attached hydrogen (secondary N) is 1. The Hall–Kier alpha value is -4.14. The van der Waals surface area contributed by atoms with E-state index in [4.69, 9.17) is 4.74 Å². The molecular formula is C22H20N4O5. The maximum atomic E-state index is 12.6. The summed E-state index contributed by atoms with van der Waals surface area (Å²) >= 11 is 0. The fourth-order valence-electron chi connectivity index (χ4n) is 3.24. The molecule has 4 rings (SSSR count).